The lowest BCUT2D eigenvalue weighted by Gasteiger charge is -2.38. The van der Waals surface area contributed by atoms with Gasteiger partial charge in [0.1, 0.15) is 18.3 Å². The van der Waals surface area contributed by atoms with Gasteiger partial charge in [-0.2, -0.15) is 0 Å². The number of ether oxygens (including phenoxy) is 3. The number of aliphatic hydroxyl groups is 3. The summed E-state index contributed by atoms with van der Waals surface area (Å²) in [4.78, 5) is 21.7. The Morgan fingerprint density at radius 1 is 1.08 bits per heavy atom. The largest absolute Gasteiger partial charge is 0.493 e. The van der Waals surface area contributed by atoms with Crippen LogP contribution in [0, 0.1) is 0 Å². The SMILES string of the molecule is COc1cc(/C=C/C(=O)O)ccc1OC1OC(C(=O)O)C(O)C(O)C1O. The number of aliphatic carboxylic acids is 2. The van der Waals surface area contributed by atoms with Crippen molar-refractivity contribution in [1.82, 2.24) is 0 Å². The molecule has 0 radical (unpaired) electrons. The average Bonchev–Trinajstić information content (AvgIpc) is 2.60. The summed E-state index contributed by atoms with van der Waals surface area (Å²) in [7, 11) is 1.32. The summed E-state index contributed by atoms with van der Waals surface area (Å²) < 4.78 is 15.5. The molecule has 0 bridgehead atoms. The molecule has 1 aromatic rings. The third-order valence-electron chi connectivity index (χ3n) is 3.66. The molecule has 1 aromatic carbocycles. The van der Waals surface area contributed by atoms with E-state index in [4.69, 9.17) is 24.4 Å². The van der Waals surface area contributed by atoms with Crippen LogP contribution in [0.3, 0.4) is 0 Å². The molecule has 10 heteroatoms. The monoisotopic (exact) mass is 370 g/mol. The number of benzene rings is 1. The molecule has 10 nitrogen and oxygen atoms in total. The molecule has 2 rings (SSSR count). The zero-order chi connectivity index (χ0) is 19.4. The molecule has 5 N–H and O–H groups in total. The van der Waals surface area contributed by atoms with Crippen molar-refractivity contribution in [2.24, 2.45) is 0 Å². The summed E-state index contributed by atoms with van der Waals surface area (Å²) in [6, 6.07) is 4.33. The number of hydrogen-bond donors (Lipinski definition) is 5. The first-order chi connectivity index (χ1) is 12.2. The van der Waals surface area contributed by atoms with E-state index >= 15 is 0 Å². The number of carboxylic acid groups (broad SMARTS) is 2. The molecular formula is C16H18O10. The number of hydrogen-bond acceptors (Lipinski definition) is 8. The van der Waals surface area contributed by atoms with Crippen molar-refractivity contribution in [2.45, 2.75) is 30.7 Å². The normalized spacial score (nSPS) is 28.7. The molecule has 142 valence electrons. The fourth-order valence-electron chi connectivity index (χ4n) is 2.33. The van der Waals surface area contributed by atoms with Crippen LogP contribution >= 0.6 is 0 Å². The van der Waals surface area contributed by atoms with Crippen LogP contribution in [0.4, 0.5) is 0 Å². The van der Waals surface area contributed by atoms with Crippen LogP contribution in [0.5, 0.6) is 11.5 Å². The third-order valence-corrected chi connectivity index (χ3v) is 3.66. The summed E-state index contributed by atoms with van der Waals surface area (Å²) in [5.74, 6) is -2.45. The van der Waals surface area contributed by atoms with E-state index in [1.807, 2.05) is 0 Å². The van der Waals surface area contributed by atoms with Crippen LogP contribution in [-0.2, 0) is 14.3 Å². The molecule has 1 aliphatic rings. The molecule has 0 saturated carbocycles. The lowest BCUT2D eigenvalue weighted by Crippen LogP contribution is -2.61. The highest BCUT2D eigenvalue weighted by Crippen LogP contribution is 2.32. The number of aliphatic hydroxyl groups excluding tert-OH is 3. The zero-order valence-corrected chi connectivity index (χ0v) is 13.6. The van der Waals surface area contributed by atoms with Gasteiger partial charge in [0.15, 0.2) is 17.6 Å². The maximum Gasteiger partial charge on any atom is 0.335 e. The number of carboxylic acids is 2. The van der Waals surface area contributed by atoms with Crippen LogP contribution in [0.1, 0.15) is 5.56 Å². The second-order valence-corrected chi connectivity index (χ2v) is 5.43. The maximum absolute atomic E-state index is 11.1. The van der Waals surface area contributed by atoms with Gasteiger partial charge in [-0.15, -0.1) is 0 Å². The molecule has 26 heavy (non-hydrogen) atoms. The zero-order valence-electron chi connectivity index (χ0n) is 13.6. The van der Waals surface area contributed by atoms with Gasteiger partial charge >= 0.3 is 11.9 Å². The van der Waals surface area contributed by atoms with E-state index in [1.165, 1.54) is 31.4 Å². The van der Waals surface area contributed by atoms with Gasteiger partial charge in [-0.25, -0.2) is 9.59 Å². The Hall–Kier alpha value is -2.66. The van der Waals surface area contributed by atoms with Crippen molar-refractivity contribution in [3.63, 3.8) is 0 Å². The minimum Gasteiger partial charge on any atom is -0.493 e. The van der Waals surface area contributed by atoms with Crippen molar-refractivity contribution in [3.05, 3.63) is 29.8 Å². The first-order valence-corrected chi connectivity index (χ1v) is 7.42. The van der Waals surface area contributed by atoms with Crippen molar-refractivity contribution >= 4 is 18.0 Å². The highest BCUT2D eigenvalue weighted by molar-refractivity contribution is 5.85. The molecule has 0 aliphatic carbocycles. The van der Waals surface area contributed by atoms with E-state index < -0.39 is 42.6 Å². The van der Waals surface area contributed by atoms with Crippen molar-refractivity contribution in [1.29, 1.82) is 0 Å². The molecule has 1 heterocycles. The Labute approximate surface area is 147 Å². The van der Waals surface area contributed by atoms with Crippen LogP contribution in [0.15, 0.2) is 24.3 Å². The first-order valence-electron chi connectivity index (χ1n) is 7.42. The lowest BCUT2D eigenvalue weighted by atomic mass is 9.99. The van der Waals surface area contributed by atoms with Gasteiger partial charge in [-0.1, -0.05) is 6.07 Å². The molecule has 0 spiro atoms. The molecule has 5 atom stereocenters. The van der Waals surface area contributed by atoms with E-state index in [1.54, 1.807) is 0 Å². The summed E-state index contributed by atoms with van der Waals surface area (Å²) in [5.41, 5.74) is 0.487. The van der Waals surface area contributed by atoms with E-state index in [9.17, 15) is 24.9 Å². The predicted octanol–water partition coefficient (Wildman–Crippen LogP) is -0.936. The van der Waals surface area contributed by atoms with Crippen molar-refractivity contribution < 1.29 is 49.3 Å². The minimum absolute atomic E-state index is 0.0525. The van der Waals surface area contributed by atoms with Crippen molar-refractivity contribution in [2.75, 3.05) is 7.11 Å². The summed E-state index contributed by atoms with van der Waals surface area (Å²) in [6.07, 6.45) is -6.45. The van der Waals surface area contributed by atoms with Crippen LogP contribution in [-0.4, -0.2) is 75.3 Å². The standard InChI is InChI=1S/C16H18O10/c1-24-9-6-7(3-5-10(17)18)2-4-8(9)25-16-13(21)11(19)12(20)14(26-16)15(22)23/h2-6,11-14,16,19-21H,1H3,(H,17,18)(H,22,23)/b5-3+. The summed E-state index contributed by atoms with van der Waals surface area (Å²) in [5, 5.41) is 47.1. The molecule has 0 amide bonds. The van der Waals surface area contributed by atoms with E-state index in [-0.39, 0.29) is 11.5 Å². The second-order valence-electron chi connectivity index (χ2n) is 5.43. The Balaban J connectivity index is 2.23. The fraction of sp³-hybridized carbons (Fsp3) is 0.375. The minimum atomic E-state index is -1.83. The van der Waals surface area contributed by atoms with Gasteiger partial charge in [0.05, 0.1) is 7.11 Å². The van der Waals surface area contributed by atoms with E-state index in [0.717, 1.165) is 6.08 Å². The molecule has 1 aliphatic heterocycles. The Morgan fingerprint density at radius 2 is 1.77 bits per heavy atom. The van der Waals surface area contributed by atoms with E-state index in [0.29, 0.717) is 5.56 Å². The smallest absolute Gasteiger partial charge is 0.335 e. The Bertz CT molecular complexity index is 700. The second kappa shape index (κ2) is 8.15. The fourth-order valence-corrected chi connectivity index (χ4v) is 2.33. The average molecular weight is 370 g/mol. The van der Waals surface area contributed by atoms with Crippen molar-refractivity contribution in [3.8, 4) is 11.5 Å². The Morgan fingerprint density at radius 3 is 2.35 bits per heavy atom. The van der Waals surface area contributed by atoms with Crippen LogP contribution in [0.2, 0.25) is 0 Å². The number of carbonyl (C=O) groups is 2. The topological polar surface area (TPSA) is 163 Å². The van der Waals surface area contributed by atoms with Gasteiger partial charge in [0.2, 0.25) is 6.29 Å². The van der Waals surface area contributed by atoms with Gasteiger partial charge in [-0.3, -0.25) is 0 Å². The Kier molecular flexibility index (Phi) is 6.16. The first kappa shape index (κ1) is 19.7. The van der Waals surface area contributed by atoms with Gasteiger partial charge in [0.25, 0.3) is 0 Å². The third kappa shape index (κ3) is 4.29. The molecular weight excluding hydrogens is 352 g/mol. The summed E-state index contributed by atoms with van der Waals surface area (Å²) in [6.45, 7) is 0. The summed E-state index contributed by atoms with van der Waals surface area (Å²) >= 11 is 0. The van der Waals surface area contributed by atoms with Gasteiger partial charge in [-0.05, 0) is 23.8 Å². The number of methoxy groups -OCH3 is 1. The predicted molar refractivity (Wildman–Crippen MR) is 84.6 cm³/mol. The van der Waals surface area contributed by atoms with E-state index in [2.05, 4.69) is 0 Å². The lowest BCUT2D eigenvalue weighted by molar-refractivity contribution is -0.271. The molecule has 1 saturated heterocycles. The quantitative estimate of drug-likeness (QED) is 0.395. The van der Waals surface area contributed by atoms with Gasteiger partial charge < -0.3 is 39.7 Å². The molecule has 0 aromatic heterocycles. The van der Waals surface area contributed by atoms with Gasteiger partial charge in [0, 0.05) is 6.08 Å². The highest BCUT2D eigenvalue weighted by atomic mass is 16.7. The highest BCUT2D eigenvalue weighted by Gasteiger charge is 2.48. The van der Waals surface area contributed by atoms with Crippen LogP contribution in [0.25, 0.3) is 6.08 Å². The number of rotatable bonds is 6. The molecule has 5 unspecified atom stereocenters. The van der Waals surface area contributed by atoms with Crippen LogP contribution < -0.4 is 9.47 Å². The molecule has 1 fully saturated rings. The maximum atomic E-state index is 11.1.